The second-order valence-corrected chi connectivity index (χ2v) is 7.25. The molecule has 0 aliphatic heterocycles. The molecule has 0 heterocycles. The highest BCUT2D eigenvalue weighted by Crippen LogP contribution is 2.31. The first-order valence-electron chi connectivity index (χ1n) is 7.20. The zero-order chi connectivity index (χ0) is 17.7. The molecule has 0 amide bonds. The largest absolute Gasteiger partial charge is 0.492 e. The molecule has 24 heavy (non-hydrogen) atoms. The minimum atomic E-state index is -3.69. The lowest BCUT2D eigenvalue weighted by Crippen LogP contribution is -2.13. The number of nitrogens with one attached hydrogen (secondary N) is 1. The van der Waals surface area contributed by atoms with Crippen molar-refractivity contribution in [1.29, 1.82) is 0 Å². The van der Waals surface area contributed by atoms with Crippen LogP contribution in [0.4, 0.5) is 11.4 Å². The minimum Gasteiger partial charge on any atom is -0.492 e. The summed E-state index contributed by atoms with van der Waals surface area (Å²) in [6.07, 6.45) is 0.944. The van der Waals surface area contributed by atoms with Crippen LogP contribution in [0.25, 0.3) is 0 Å². The van der Waals surface area contributed by atoms with Gasteiger partial charge in [-0.25, -0.2) is 8.42 Å². The number of sulfone groups is 1. The summed E-state index contributed by atoms with van der Waals surface area (Å²) in [6.45, 7) is 2.55. The summed E-state index contributed by atoms with van der Waals surface area (Å²) in [4.78, 5) is 10.2. The van der Waals surface area contributed by atoms with Crippen molar-refractivity contribution >= 4 is 21.2 Å². The Labute approximate surface area is 140 Å². The number of ether oxygens (including phenoxy) is 1. The zero-order valence-corrected chi connectivity index (χ0v) is 14.2. The molecular weight excluding hydrogens is 332 g/mol. The van der Waals surface area contributed by atoms with Crippen LogP contribution in [0.15, 0.2) is 47.4 Å². The Morgan fingerprint density at radius 1 is 1.17 bits per heavy atom. The number of hydrogen-bond donors (Lipinski definition) is 1. The van der Waals surface area contributed by atoms with E-state index < -0.39 is 20.4 Å². The van der Waals surface area contributed by atoms with Crippen molar-refractivity contribution in [3.05, 3.63) is 58.1 Å². The Kier molecular flexibility index (Phi) is 5.40. The molecule has 2 aromatic rings. The molecule has 2 rings (SSSR count). The van der Waals surface area contributed by atoms with Crippen LogP contribution < -0.4 is 10.1 Å². The molecule has 0 bridgehead atoms. The van der Waals surface area contributed by atoms with E-state index in [1.807, 2.05) is 31.2 Å². The monoisotopic (exact) mass is 350 g/mol. The highest BCUT2D eigenvalue weighted by Gasteiger charge is 2.25. The molecule has 8 heteroatoms. The van der Waals surface area contributed by atoms with E-state index in [-0.39, 0.29) is 17.2 Å². The predicted octanol–water partition coefficient (Wildman–Crippen LogP) is 2.80. The van der Waals surface area contributed by atoms with Crippen molar-refractivity contribution in [2.24, 2.45) is 0 Å². The maximum Gasteiger partial charge on any atom is 0.310 e. The van der Waals surface area contributed by atoms with E-state index in [1.165, 1.54) is 18.2 Å². The molecule has 0 aliphatic rings. The second-order valence-electron chi connectivity index (χ2n) is 5.27. The molecule has 0 saturated heterocycles. The van der Waals surface area contributed by atoms with Crippen LogP contribution in [0.2, 0.25) is 0 Å². The molecule has 2 aromatic carbocycles. The molecule has 0 spiro atoms. The molecule has 0 saturated carbocycles. The standard InChI is InChI=1S/C16H18N2O5S/c1-12-6-8-13(9-7-12)23-11-10-17-14-4-3-5-15(24(2,21)22)16(14)18(19)20/h3-9,17H,10-11H2,1-2H3. The van der Waals surface area contributed by atoms with E-state index in [9.17, 15) is 18.5 Å². The van der Waals surface area contributed by atoms with E-state index in [2.05, 4.69) is 5.32 Å². The number of nitro benzene ring substituents is 1. The topological polar surface area (TPSA) is 98.5 Å². The van der Waals surface area contributed by atoms with Crippen LogP contribution in [0.3, 0.4) is 0 Å². The SMILES string of the molecule is Cc1ccc(OCCNc2cccc(S(C)(=O)=O)c2[N+](=O)[O-])cc1. The fourth-order valence-electron chi connectivity index (χ4n) is 2.14. The molecule has 0 fully saturated rings. The number of para-hydroxylation sites is 1. The number of aryl methyl sites for hydroxylation is 1. The van der Waals surface area contributed by atoms with Gasteiger partial charge in [0.05, 0.1) is 4.92 Å². The van der Waals surface area contributed by atoms with Crippen LogP contribution >= 0.6 is 0 Å². The van der Waals surface area contributed by atoms with Crippen LogP contribution in [0, 0.1) is 17.0 Å². The first kappa shape index (κ1) is 17.7. The zero-order valence-electron chi connectivity index (χ0n) is 13.4. The minimum absolute atomic E-state index is 0.149. The summed E-state index contributed by atoms with van der Waals surface area (Å²) < 4.78 is 28.9. The summed E-state index contributed by atoms with van der Waals surface area (Å²) in [5.74, 6) is 0.696. The lowest BCUT2D eigenvalue weighted by atomic mass is 10.2. The van der Waals surface area contributed by atoms with Gasteiger partial charge in [-0.15, -0.1) is 0 Å². The summed E-state index contributed by atoms with van der Waals surface area (Å²) in [6, 6.07) is 11.7. The molecule has 7 nitrogen and oxygen atoms in total. The van der Waals surface area contributed by atoms with E-state index in [1.54, 1.807) is 0 Å². The molecule has 0 unspecified atom stereocenters. The van der Waals surface area contributed by atoms with Crippen molar-refractivity contribution in [1.82, 2.24) is 0 Å². The molecule has 1 N–H and O–H groups in total. The van der Waals surface area contributed by atoms with Crippen molar-refractivity contribution in [2.75, 3.05) is 24.7 Å². The van der Waals surface area contributed by atoms with Gasteiger partial charge >= 0.3 is 5.69 Å². The summed E-state index contributed by atoms with van der Waals surface area (Å²) in [5, 5.41) is 14.1. The Morgan fingerprint density at radius 3 is 2.42 bits per heavy atom. The van der Waals surface area contributed by atoms with Crippen molar-refractivity contribution in [3.63, 3.8) is 0 Å². The first-order valence-corrected chi connectivity index (χ1v) is 9.09. The highest BCUT2D eigenvalue weighted by atomic mass is 32.2. The third-order valence-corrected chi connectivity index (χ3v) is 4.42. The predicted molar refractivity (Wildman–Crippen MR) is 91.4 cm³/mol. The van der Waals surface area contributed by atoms with Gasteiger partial charge in [0, 0.05) is 12.8 Å². The second kappa shape index (κ2) is 7.31. The van der Waals surface area contributed by atoms with Crippen LogP contribution in [-0.2, 0) is 9.84 Å². The van der Waals surface area contributed by atoms with E-state index in [4.69, 9.17) is 4.74 Å². The average Bonchev–Trinajstić information content (AvgIpc) is 2.52. The average molecular weight is 350 g/mol. The number of hydrogen-bond acceptors (Lipinski definition) is 6. The number of anilines is 1. The third-order valence-electron chi connectivity index (χ3n) is 3.29. The van der Waals surface area contributed by atoms with E-state index >= 15 is 0 Å². The van der Waals surface area contributed by atoms with E-state index in [0.717, 1.165) is 11.8 Å². The van der Waals surface area contributed by atoms with Crippen LogP contribution in [-0.4, -0.2) is 32.7 Å². The number of rotatable bonds is 7. The third kappa shape index (κ3) is 4.45. The van der Waals surface area contributed by atoms with Crippen molar-refractivity contribution < 1.29 is 18.1 Å². The lowest BCUT2D eigenvalue weighted by Gasteiger charge is -2.10. The lowest BCUT2D eigenvalue weighted by molar-refractivity contribution is -0.386. The smallest absolute Gasteiger partial charge is 0.310 e. The van der Waals surface area contributed by atoms with Gasteiger partial charge in [0.1, 0.15) is 22.9 Å². The summed E-state index contributed by atoms with van der Waals surface area (Å²) in [7, 11) is -3.69. The van der Waals surface area contributed by atoms with Gasteiger partial charge in [0.25, 0.3) is 0 Å². The maximum atomic E-state index is 11.7. The Balaban J connectivity index is 2.07. The molecule has 0 aliphatic carbocycles. The maximum absolute atomic E-state index is 11.7. The summed E-state index contributed by atoms with van der Waals surface area (Å²) in [5.41, 5.74) is 0.819. The number of benzene rings is 2. The van der Waals surface area contributed by atoms with Crippen LogP contribution in [0.5, 0.6) is 5.75 Å². The molecule has 0 radical (unpaired) electrons. The van der Waals surface area contributed by atoms with Gasteiger partial charge in [0.2, 0.25) is 0 Å². The Hall–Kier alpha value is -2.61. The molecular formula is C16H18N2O5S. The number of nitro groups is 1. The van der Waals surface area contributed by atoms with Gasteiger partial charge in [-0.2, -0.15) is 0 Å². The molecule has 0 atom stereocenters. The fourth-order valence-corrected chi connectivity index (χ4v) is 3.00. The molecule has 0 aromatic heterocycles. The van der Waals surface area contributed by atoms with Gasteiger partial charge in [-0.05, 0) is 31.2 Å². The number of nitrogens with zero attached hydrogens (tertiary/aromatic N) is 1. The normalized spacial score (nSPS) is 11.1. The summed E-state index contributed by atoms with van der Waals surface area (Å²) >= 11 is 0. The van der Waals surface area contributed by atoms with E-state index in [0.29, 0.717) is 12.3 Å². The Morgan fingerprint density at radius 2 is 1.83 bits per heavy atom. The molecule has 128 valence electrons. The van der Waals surface area contributed by atoms with Crippen molar-refractivity contribution in [3.8, 4) is 5.75 Å². The Bertz CT molecular complexity index is 832. The van der Waals surface area contributed by atoms with Crippen LogP contribution in [0.1, 0.15) is 5.56 Å². The first-order chi connectivity index (χ1) is 11.3. The van der Waals surface area contributed by atoms with Crippen molar-refractivity contribution in [2.45, 2.75) is 11.8 Å². The highest BCUT2D eigenvalue weighted by molar-refractivity contribution is 7.90. The van der Waals surface area contributed by atoms with Gasteiger partial charge in [-0.1, -0.05) is 23.8 Å². The van der Waals surface area contributed by atoms with Gasteiger partial charge in [0.15, 0.2) is 9.84 Å². The van der Waals surface area contributed by atoms with Gasteiger partial charge in [-0.3, -0.25) is 10.1 Å². The quantitative estimate of drug-likeness (QED) is 0.468. The van der Waals surface area contributed by atoms with Gasteiger partial charge < -0.3 is 10.1 Å². The fraction of sp³-hybridized carbons (Fsp3) is 0.250.